The molecule has 0 bridgehead atoms. The van der Waals surface area contributed by atoms with Gasteiger partial charge in [0.1, 0.15) is 0 Å². The molecule has 2 aliphatic rings. The minimum Gasteiger partial charge on any atom is -0.298 e. The fourth-order valence-corrected chi connectivity index (χ4v) is 3.07. The van der Waals surface area contributed by atoms with E-state index in [4.69, 9.17) is 0 Å². The van der Waals surface area contributed by atoms with Crippen molar-refractivity contribution in [1.82, 2.24) is 9.80 Å². The molecular weight excluding hydrogens is 196 g/mol. The van der Waals surface area contributed by atoms with Crippen LogP contribution in [-0.4, -0.2) is 48.1 Å². The summed E-state index contributed by atoms with van der Waals surface area (Å²) in [5.41, 5.74) is 0. The Labute approximate surface area is 100.0 Å². The van der Waals surface area contributed by atoms with Crippen molar-refractivity contribution >= 4 is 0 Å². The van der Waals surface area contributed by atoms with E-state index >= 15 is 0 Å². The molecule has 2 unspecified atom stereocenters. The van der Waals surface area contributed by atoms with E-state index in [1.54, 1.807) is 0 Å². The van der Waals surface area contributed by atoms with Crippen LogP contribution in [0.4, 0.5) is 0 Å². The first-order valence-electron chi connectivity index (χ1n) is 6.72. The van der Waals surface area contributed by atoms with Gasteiger partial charge in [-0.05, 0) is 32.7 Å². The Balaban J connectivity index is 1.98. The maximum absolute atomic E-state index is 3.24. The van der Waals surface area contributed by atoms with Gasteiger partial charge in [0, 0.05) is 25.2 Å². The zero-order valence-electron chi connectivity index (χ0n) is 10.7. The lowest BCUT2D eigenvalue weighted by atomic mass is 9.96. The average Bonchev–Trinajstić information content (AvgIpc) is 2.35. The monoisotopic (exact) mass is 220 g/mol. The molecule has 2 nitrogen and oxygen atoms in total. The number of piperazine rings is 1. The summed E-state index contributed by atoms with van der Waals surface area (Å²) in [7, 11) is 0. The van der Waals surface area contributed by atoms with Crippen molar-refractivity contribution in [2.75, 3.05) is 26.2 Å². The van der Waals surface area contributed by atoms with Gasteiger partial charge in [0.05, 0.1) is 6.54 Å². The molecule has 0 aliphatic carbocycles. The predicted octanol–water partition coefficient (Wildman–Crippen LogP) is 1.96. The molecule has 2 fully saturated rings. The summed E-state index contributed by atoms with van der Waals surface area (Å²) >= 11 is 0. The topological polar surface area (TPSA) is 6.48 Å². The third-order valence-corrected chi connectivity index (χ3v) is 4.09. The molecule has 0 saturated carbocycles. The van der Waals surface area contributed by atoms with Crippen LogP contribution in [0.1, 0.15) is 39.5 Å². The van der Waals surface area contributed by atoms with Gasteiger partial charge in [-0.15, -0.1) is 5.92 Å². The van der Waals surface area contributed by atoms with Gasteiger partial charge in [-0.25, -0.2) is 0 Å². The maximum atomic E-state index is 3.24. The molecule has 2 aliphatic heterocycles. The fraction of sp³-hybridized carbons (Fsp3) is 0.857. The number of rotatable bonds is 2. The molecule has 0 amide bonds. The van der Waals surface area contributed by atoms with Crippen LogP contribution >= 0.6 is 0 Å². The Bertz CT molecular complexity index is 276. The standard InChI is InChI=1S/C14H24N2/c1-3-5-9-15-12-14-8-6-7-10-16(14)11-13(15)4-2/h13-14H,4,6-12H2,1-2H3. The second-order valence-corrected chi connectivity index (χ2v) is 5.06. The van der Waals surface area contributed by atoms with E-state index in [0.29, 0.717) is 0 Å². The minimum atomic E-state index is 0.732. The first-order chi connectivity index (χ1) is 7.85. The van der Waals surface area contributed by atoms with Crippen molar-refractivity contribution in [1.29, 1.82) is 0 Å². The molecule has 2 atom stereocenters. The Hall–Kier alpha value is -0.520. The number of nitrogens with zero attached hydrogens (tertiary/aromatic N) is 2. The van der Waals surface area contributed by atoms with E-state index in [9.17, 15) is 0 Å². The number of fused-ring (bicyclic) bond motifs is 1. The van der Waals surface area contributed by atoms with Crippen molar-refractivity contribution in [3.63, 3.8) is 0 Å². The Morgan fingerprint density at radius 2 is 2.12 bits per heavy atom. The van der Waals surface area contributed by atoms with Crippen LogP contribution in [0.2, 0.25) is 0 Å². The Morgan fingerprint density at radius 3 is 2.88 bits per heavy atom. The third kappa shape index (κ3) is 2.59. The summed E-state index contributed by atoms with van der Waals surface area (Å²) in [6.45, 7) is 9.06. The van der Waals surface area contributed by atoms with Gasteiger partial charge in [0.2, 0.25) is 0 Å². The Morgan fingerprint density at radius 1 is 1.25 bits per heavy atom. The lowest BCUT2D eigenvalue weighted by molar-refractivity contribution is 0.0149. The molecule has 0 spiro atoms. The van der Waals surface area contributed by atoms with Crippen molar-refractivity contribution < 1.29 is 0 Å². The highest BCUT2D eigenvalue weighted by Gasteiger charge is 2.33. The summed E-state index contributed by atoms with van der Waals surface area (Å²) in [4.78, 5) is 5.32. The van der Waals surface area contributed by atoms with Gasteiger partial charge in [0.15, 0.2) is 0 Å². The smallest absolute Gasteiger partial charge is 0.0604 e. The molecule has 2 heteroatoms. The molecular formula is C14H24N2. The van der Waals surface area contributed by atoms with Gasteiger partial charge in [0.25, 0.3) is 0 Å². The second kappa shape index (κ2) is 5.70. The molecule has 2 rings (SSSR count). The first kappa shape index (κ1) is 12.0. The molecule has 0 aromatic carbocycles. The van der Waals surface area contributed by atoms with E-state index in [1.807, 2.05) is 6.92 Å². The Kier molecular flexibility index (Phi) is 4.26. The normalized spacial score (nSPS) is 31.6. The number of piperidine rings is 1. The average molecular weight is 220 g/mol. The van der Waals surface area contributed by atoms with Gasteiger partial charge >= 0.3 is 0 Å². The number of hydrogen-bond acceptors (Lipinski definition) is 2. The second-order valence-electron chi connectivity index (χ2n) is 5.06. The van der Waals surface area contributed by atoms with E-state index < -0.39 is 0 Å². The molecule has 0 aromatic rings. The van der Waals surface area contributed by atoms with Crippen LogP contribution in [0.5, 0.6) is 0 Å². The third-order valence-electron chi connectivity index (χ3n) is 4.09. The fourth-order valence-electron chi connectivity index (χ4n) is 3.07. The van der Waals surface area contributed by atoms with Crippen molar-refractivity contribution in [3.05, 3.63) is 0 Å². The molecule has 90 valence electrons. The lowest BCUT2D eigenvalue weighted by Gasteiger charge is -2.47. The summed E-state index contributed by atoms with van der Waals surface area (Å²) in [5.74, 6) is 6.26. The van der Waals surface area contributed by atoms with Gasteiger partial charge in [-0.3, -0.25) is 9.80 Å². The molecule has 0 N–H and O–H groups in total. The van der Waals surface area contributed by atoms with Gasteiger partial charge in [-0.2, -0.15) is 0 Å². The van der Waals surface area contributed by atoms with E-state index in [2.05, 4.69) is 28.6 Å². The molecule has 0 radical (unpaired) electrons. The highest BCUT2D eigenvalue weighted by Crippen LogP contribution is 2.24. The van der Waals surface area contributed by atoms with Crippen LogP contribution in [0.15, 0.2) is 0 Å². The zero-order chi connectivity index (χ0) is 11.4. The molecule has 2 heterocycles. The predicted molar refractivity (Wildman–Crippen MR) is 68.3 cm³/mol. The summed E-state index contributed by atoms with van der Waals surface area (Å²) in [6, 6.07) is 1.55. The van der Waals surface area contributed by atoms with E-state index in [-0.39, 0.29) is 0 Å². The lowest BCUT2D eigenvalue weighted by Crippen LogP contribution is -2.59. The molecule has 0 aromatic heterocycles. The summed E-state index contributed by atoms with van der Waals surface area (Å²) in [5, 5.41) is 0. The van der Waals surface area contributed by atoms with E-state index in [0.717, 1.165) is 18.6 Å². The largest absolute Gasteiger partial charge is 0.298 e. The van der Waals surface area contributed by atoms with Crippen molar-refractivity contribution in [2.45, 2.75) is 51.6 Å². The van der Waals surface area contributed by atoms with Crippen LogP contribution in [0, 0.1) is 11.8 Å². The quantitative estimate of drug-likeness (QED) is 0.656. The van der Waals surface area contributed by atoms with Crippen molar-refractivity contribution in [2.24, 2.45) is 0 Å². The number of hydrogen-bond donors (Lipinski definition) is 0. The van der Waals surface area contributed by atoms with Gasteiger partial charge < -0.3 is 0 Å². The molecule has 16 heavy (non-hydrogen) atoms. The maximum Gasteiger partial charge on any atom is 0.0604 e. The SMILES string of the molecule is CC#CCN1CC2CCCCN2CC1CC. The van der Waals surface area contributed by atoms with E-state index in [1.165, 1.54) is 45.3 Å². The van der Waals surface area contributed by atoms with Crippen molar-refractivity contribution in [3.8, 4) is 11.8 Å². The van der Waals surface area contributed by atoms with Crippen LogP contribution in [0.3, 0.4) is 0 Å². The summed E-state index contributed by atoms with van der Waals surface area (Å²) < 4.78 is 0. The van der Waals surface area contributed by atoms with Crippen LogP contribution in [0.25, 0.3) is 0 Å². The summed E-state index contributed by atoms with van der Waals surface area (Å²) in [6.07, 6.45) is 5.48. The van der Waals surface area contributed by atoms with Crippen LogP contribution < -0.4 is 0 Å². The van der Waals surface area contributed by atoms with Crippen LogP contribution in [-0.2, 0) is 0 Å². The molecule has 2 saturated heterocycles. The highest BCUT2D eigenvalue weighted by molar-refractivity contribution is 5.01. The zero-order valence-corrected chi connectivity index (χ0v) is 10.7. The minimum absolute atomic E-state index is 0.732. The van der Waals surface area contributed by atoms with Gasteiger partial charge in [-0.1, -0.05) is 19.3 Å². The highest BCUT2D eigenvalue weighted by atomic mass is 15.3. The first-order valence-corrected chi connectivity index (χ1v) is 6.72.